The number of carbonyl (C=O) groups is 1. The number of para-hydroxylation sites is 1. The zero-order valence-corrected chi connectivity index (χ0v) is 12.5. The molecular formula is C17H23NO3. The Balaban J connectivity index is 1.60. The number of nitrogens with zero attached hydrogens (tertiary/aromatic N) is 1. The first-order valence-electron chi connectivity index (χ1n) is 7.77. The number of benzene rings is 1. The van der Waals surface area contributed by atoms with Crippen LogP contribution in [0.2, 0.25) is 0 Å². The van der Waals surface area contributed by atoms with Crippen molar-refractivity contribution in [2.45, 2.75) is 38.2 Å². The molecule has 1 aromatic rings. The van der Waals surface area contributed by atoms with E-state index in [0.717, 1.165) is 37.1 Å². The molecule has 0 bridgehead atoms. The molecule has 1 saturated heterocycles. The summed E-state index contributed by atoms with van der Waals surface area (Å²) in [7, 11) is 0. The second-order valence-electron chi connectivity index (χ2n) is 6.42. The molecule has 1 aliphatic carbocycles. The number of aryl methyl sites for hydroxylation is 1. The van der Waals surface area contributed by atoms with Crippen molar-refractivity contribution < 1.29 is 14.6 Å². The number of rotatable bonds is 4. The van der Waals surface area contributed by atoms with Crippen molar-refractivity contribution in [3.8, 4) is 5.75 Å². The number of ether oxygens (including phenoxy) is 1. The van der Waals surface area contributed by atoms with E-state index in [2.05, 4.69) is 0 Å². The van der Waals surface area contributed by atoms with Crippen molar-refractivity contribution in [1.29, 1.82) is 0 Å². The topological polar surface area (TPSA) is 49.8 Å². The van der Waals surface area contributed by atoms with Gasteiger partial charge in [0.05, 0.1) is 6.54 Å². The van der Waals surface area contributed by atoms with Gasteiger partial charge in [-0.2, -0.15) is 0 Å². The van der Waals surface area contributed by atoms with Gasteiger partial charge in [0.15, 0.2) is 0 Å². The van der Waals surface area contributed by atoms with Crippen LogP contribution >= 0.6 is 0 Å². The zero-order valence-electron chi connectivity index (χ0n) is 12.5. The summed E-state index contributed by atoms with van der Waals surface area (Å²) in [5.41, 5.74) is 0.133. The van der Waals surface area contributed by atoms with Crippen molar-refractivity contribution in [3.63, 3.8) is 0 Å². The van der Waals surface area contributed by atoms with Crippen LogP contribution in [0.15, 0.2) is 24.3 Å². The van der Waals surface area contributed by atoms with Crippen LogP contribution in [0.3, 0.4) is 0 Å². The molecule has 1 atom stereocenters. The van der Waals surface area contributed by atoms with Gasteiger partial charge < -0.3 is 14.7 Å². The van der Waals surface area contributed by atoms with E-state index in [1.165, 1.54) is 0 Å². The van der Waals surface area contributed by atoms with Crippen LogP contribution in [-0.2, 0) is 4.79 Å². The highest BCUT2D eigenvalue weighted by Crippen LogP contribution is 2.33. The van der Waals surface area contributed by atoms with E-state index >= 15 is 0 Å². The first kappa shape index (κ1) is 14.4. The minimum atomic E-state index is -0.926. The second-order valence-corrected chi connectivity index (χ2v) is 6.42. The highest BCUT2D eigenvalue weighted by Gasteiger charge is 2.40. The summed E-state index contributed by atoms with van der Waals surface area (Å²) < 4.78 is 5.80. The van der Waals surface area contributed by atoms with Crippen molar-refractivity contribution >= 4 is 5.91 Å². The predicted molar refractivity (Wildman–Crippen MR) is 80.2 cm³/mol. The van der Waals surface area contributed by atoms with Crippen LogP contribution in [0.4, 0.5) is 0 Å². The Morgan fingerprint density at radius 2 is 2.19 bits per heavy atom. The third-order valence-corrected chi connectivity index (χ3v) is 4.38. The minimum absolute atomic E-state index is 0.212. The van der Waals surface area contributed by atoms with Gasteiger partial charge in [0.2, 0.25) is 5.91 Å². The monoisotopic (exact) mass is 289 g/mol. The average Bonchev–Trinajstić information content (AvgIpc) is 3.30. The molecular weight excluding hydrogens is 266 g/mol. The lowest BCUT2D eigenvalue weighted by Crippen LogP contribution is -2.53. The summed E-state index contributed by atoms with van der Waals surface area (Å²) >= 11 is 0. The number of amides is 1. The number of carbonyl (C=O) groups excluding carboxylic acids is 1. The van der Waals surface area contributed by atoms with Gasteiger partial charge in [-0.1, -0.05) is 18.2 Å². The average molecular weight is 289 g/mol. The van der Waals surface area contributed by atoms with E-state index in [4.69, 9.17) is 4.74 Å². The Bertz CT molecular complexity index is 527. The molecule has 1 aromatic carbocycles. The van der Waals surface area contributed by atoms with Crippen LogP contribution in [0, 0.1) is 12.8 Å². The molecule has 2 fully saturated rings. The molecule has 1 unspecified atom stereocenters. The van der Waals surface area contributed by atoms with Gasteiger partial charge in [-0.3, -0.25) is 4.79 Å². The quantitative estimate of drug-likeness (QED) is 0.924. The highest BCUT2D eigenvalue weighted by atomic mass is 16.5. The van der Waals surface area contributed by atoms with E-state index in [1.807, 2.05) is 36.1 Å². The van der Waals surface area contributed by atoms with Crippen LogP contribution < -0.4 is 4.74 Å². The molecule has 0 spiro atoms. The van der Waals surface area contributed by atoms with E-state index < -0.39 is 5.60 Å². The van der Waals surface area contributed by atoms with Crippen LogP contribution in [0.25, 0.3) is 0 Å². The van der Waals surface area contributed by atoms with Gasteiger partial charge in [0, 0.05) is 12.5 Å². The normalized spacial score (nSPS) is 25.7. The minimum Gasteiger partial charge on any atom is -0.490 e. The third-order valence-electron chi connectivity index (χ3n) is 4.38. The van der Waals surface area contributed by atoms with E-state index in [-0.39, 0.29) is 18.4 Å². The molecule has 0 radical (unpaired) electrons. The second kappa shape index (κ2) is 5.68. The van der Waals surface area contributed by atoms with E-state index in [9.17, 15) is 9.90 Å². The Morgan fingerprint density at radius 3 is 2.90 bits per heavy atom. The molecule has 2 aliphatic rings. The van der Waals surface area contributed by atoms with Crippen LogP contribution in [-0.4, -0.2) is 41.2 Å². The van der Waals surface area contributed by atoms with Gasteiger partial charge in [-0.05, 0) is 44.2 Å². The molecule has 3 rings (SSSR count). The highest BCUT2D eigenvalue weighted by molar-refractivity contribution is 5.81. The van der Waals surface area contributed by atoms with Crippen LogP contribution in [0.5, 0.6) is 5.75 Å². The Kier molecular flexibility index (Phi) is 3.89. The molecule has 1 heterocycles. The van der Waals surface area contributed by atoms with Gasteiger partial charge in [0.1, 0.15) is 18.0 Å². The lowest BCUT2D eigenvalue weighted by molar-refractivity contribution is -0.141. The van der Waals surface area contributed by atoms with Gasteiger partial charge >= 0.3 is 0 Å². The number of aliphatic hydroxyl groups is 1. The Hall–Kier alpha value is -1.55. The van der Waals surface area contributed by atoms with Gasteiger partial charge in [-0.15, -0.1) is 0 Å². The molecule has 1 saturated carbocycles. The van der Waals surface area contributed by atoms with Gasteiger partial charge in [-0.25, -0.2) is 0 Å². The zero-order chi connectivity index (χ0) is 14.9. The molecule has 1 N–H and O–H groups in total. The third kappa shape index (κ3) is 3.38. The van der Waals surface area contributed by atoms with Gasteiger partial charge in [0.25, 0.3) is 0 Å². The summed E-state index contributed by atoms with van der Waals surface area (Å²) in [5, 5.41) is 10.7. The van der Waals surface area contributed by atoms with Crippen molar-refractivity contribution in [1.82, 2.24) is 4.90 Å². The molecule has 1 amide bonds. The first-order chi connectivity index (χ1) is 10.1. The number of piperidine rings is 1. The predicted octanol–water partition coefficient (Wildman–Crippen LogP) is 2.14. The Morgan fingerprint density at radius 1 is 1.43 bits per heavy atom. The summed E-state index contributed by atoms with van der Waals surface area (Å²) in [6.45, 7) is 3.39. The molecule has 114 valence electrons. The number of hydrogen-bond donors (Lipinski definition) is 1. The Labute approximate surface area is 125 Å². The van der Waals surface area contributed by atoms with Crippen LogP contribution in [0.1, 0.15) is 31.2 Å². The summed E-state index contributed by atoms with van der Waals surface area (Å²) in [4.78, 5) is 14.0. The summed E-state index contributed by atoms with van der Waals surface area (Å²) in [6, 6.07) is 7.79. The summed E-state index contributed by atoms with van der Waals surface area (Å²) in [6.07, 6.45) is 3.54. The maximum absolute atomic E-state index is 12.2. The first-order valence-corrected chi connectivity index (χ1v) is 7.77. The van der Waals surface area contributed by atoms with Crippen molar-refractivity contribution in [2.75, 3.05) is 19.7 Å². The fourth-order valence-corrected chi connectivity index (χ4v) is 2.94. The maximum atomic E-state index is 12.2. The molecule has 4 heteroatoms. The molecule has 1 aliphatic heterocycles. The summed E-state index contributed by atoms with van der Waals surface area (Å²) in [5.74, 6) is 1.23. The lowest BCUT2D eigenvalue weighted by atomic mass is 9.93. The number of likely N-dealkylation sites (tertiary alicyclic amines) is 1. The van der Waals surface area contributed by atoms with Crippen molar-refractivity contribution in [3.05, 3.63) is 29.8 Å². The molecule has 4 nitrogen and oxygen atoms in total. The van der Waals surface area contributed by atoms with E-state index in [1.54, 1.807) is 0 Å². The SMILES string of the molecule is Cc1ccccc1OCC1(O)CCCN(C(=O)C2CC2)C1. The largest absolute Gasteiger partial charge is 0.490 e. The number of hydrogen-bond acceptors (Lipinski definition) is 3. The lowest BCUT2D eigenvalue weighted by Gasteiger charge is -2.39. The standard InChI is InChI=1S/C17H23NO3/c1-13-5-2-3-6-15(13)21-12-17(20)9-4-10-18(11-17)16(19)14-7-8-14/h2-3,5-6,14,20H,4,7-12H2,1H3. The fourth-order valence-electron chi connectivity index (χ4n) is 2.94. The van der Waals surface area contributed by atoms with E-state index in [0.29, 0.717) is 13.0 Å². The molecule has 21 heavy (non-hydrogen) atoms. The number of β-amino-alcohol motifs (C(OH)–C–C–N with tert-alkyl or cyclic N) is 1. The smallest absolute Gasteiger partial charge is 0.225 e. The fraction of sp³-hybridized carbons (Fsp3) is 0.588. The maximum Gasteiger partial charge on any atom is 0.225 e. The molecule has 0 aromatic heterocycles. The van der Waals surface area contributed by atoms with Crippen molar-refractivity contribution in [2.24, 2.45) is 5.92 Å².